The van der Waals surface area contributed by atoms with Gasteiger partial charge < -0.3 is 0 Å². The first-order valence-corrected chi connectivity index (χ1v) is 4.58. The Bertz CT molecular complexity index is 127. The Morgan fingerprint density at radius 1 is 1.70 bits per heavy atom. The summed E-state index contributed by atoms with van der Waals surface area (Å²) in [5, 5.41) is 0.417. The molecule has 1 aliphatic carbocycles. The van der Waals surface area contributed by atoms with Gasteiger partial charge in [0.15, 0.2) is 0 Å². The fourth-order valence-electron chi connectivity index (χ4n) is 1.40. The van der Waals surface area contributed by atoms with Crippen molar-refractivity contribution in [3.8, 4) is 0 Å². The molecule has 10 heavy (non-hydrogen) atoms. The zero-order valence-corrected chi connectivity index (χ0v) is 7.32. The monoisotopic (exact) mass is 158 g/mol. The second-order valence-corrected chi connectivity index (χ2v) is 3.60. The maximum absolute atomic E-state index is 5.94. The molecule has 0 fully saturated rings. The van der Waals surface area contributed by atoms with E-state index in [0.717, 1.165) is 6.42 Å². The van der Waals surface area contributed by atoms with Crippen molar-refractivity contribution in [3.63, 3.8) is 0 Å². The molecule has 0 radical (unpaired) electrons. The summed E-state index contributed by atoms with van der Waals surface area (Å²) in [5.74, 6) is 0. The molecule has 0 heterocycles. The van der Waals surface area contributed by atoms with Gasteiger partial charge >= 0.3 is 0 Å². The van der Waals surface area contributed by atoms with E-state index in [2.05, 4.69) is 13.0 Å². The summed E-state index contributed by atoms with van der Waals surface area (Å²) in [5.41, 5.74) is 1.62. The Morgan fingerprint density at radius 2 is 2.50 bits per heavy atom. The summed E-state index contributed by atoms with van der Waals surface area (Å²) in [7, 11) is 0. The molecule has 58 valence electrons. The van der Waals surface area contributed by atoms with E-state index in [1.165, 1.54) is 25.7 Å². The predicted octanol–water partition coefficient (Wildman–Crippen LogP) is 3.50. The third kappa shape index (κ3) is 2.34. The Morgan fingerprint density at radius 3 is 3.00 bits per heavy atom. The third-order valence-electron chi connectivity index (χ3n) is 2.01. The van der Waals surface area contributed by atoms with Gasteiger partial charge in [-0.3, -0.25) is 0 Å². The highest BCUT2D eigenvalue weighted by molar-refractivity contribution is 6.20. The maximum atomic E-state index is 5.94. The van der Waals surface area contributed by atoms with Crippen LogP contribution in [0.4, 0.5) is 0 Å². The van der Waals surface area contributed by atoms with Gasteiger partial charge in [0, 0.05) is 5.38 Å². The normalized spacial score (nSPS) is 26.2. The standard InChI is InChI=1S/C9H15Cl/c1-2-3-8-4-6-9(10)7-5-8/h4,9H,2-3,5-7H2,1H3. The van der Waals surface area contributed by atoms with Gasteiger partial charge in [0.25, 0.3) is 0 Å². The first-order chi connectivity index (χ1) is 4.83. The highest BCUT2D eigenvalue weighted by Crippen LogP contribution is 2.24. The van der Waals surface area contributed by atoms with Crippen LogP contribution in [0.5, 0.6) is 0 Å². The Balaban J connectivity index is 2.33. The lowest BCUT2D eigenvalue weighted by atomic mass is 9.96. The van der Waals surface area contributed by atoms with E-state index < -0.39 is 0 Å². The summed E-state index contributed by atoms with van der Waals surface area (Å²) in [4.78, 5) is 0. The highest BCUT2D eigenvalue weighted by Gasteiger charge is 2.09. The van der Waals surface area contributed by atoms with Crippen LogP contribution in [0.1, 0.15) is 39.0 Å². The van der Waals surface area contributed by atoms with Crippen molar-refractivity contribution < 1.29 is 0 Å². The smallest absolute Gasteiger partial charge is 0.0373 e. The summed E-state index contributed by atoms with van der Waals surface area (Å²) in [6, 6.07) is 0. The molecule has 0 aromatic carbocycles. The number of hydrogen-bond acceptors (Lipinski definition) is 0. The summed E-state index contributed by atoms with van der Waals surface area (Å²) in [6.07, 6.45) is 8.40. The van der Waals surface area contributed by atoms with Crippen LogP contribution in [-0.2, 0) is 0 Å². The topological polar surface area (TPSA) is 0 Å². The molecular formula is C9H15Cl. The van der Waals surface area contributed by atoms with Gasteiger partial charge in [-0.05, 0) is 25.7 Å². The second kappa shape index (κ2) is 4.02. The minimum Gasteiger partial charge on any atom is -0.123 e. The van der Waals surface area contributed by atoms with Crippen molar-refractivity contribution in [1.29, 1.82) is 0 Å². The fourth-order valence-corrected chi connectivity index (χ4v) is 1.60. The van der Waals surface area contributed by atoms with Gasteiger partial charge in [0.1, 0.15) is 0 Å². The first-order valence-electron chi connectivity index (χ1n) is 4.15. The van der Waals surface area contributed by atoms with Crippen molar-refractivity contribution in [1.82, 2.24) is 0 Å². The van der Waals surface area contributed by atoms with Crippen LogP contribution in [0.15, 0.2) is 11.6 Å². The molecule has 0 spiro atoms. The van der Waals surface area contributed by atoms with Crippen LogP contribution in [0.25, 0.3) is 0 Å². The van der Waals surface area contributed by atoms with Gasteiger partial charge in [-0.15, -0.1) is 11.6 Å². The average molecular weight is 159 g/mol. The van der Waals surface area contributed by atoms with E-state index in [-0.39, 0.29) is 0 Å². The van der Waals surface area contributed by atoms with Gasteiger partial charge in [-0.1, -0.05) is 25.0 Å². The largest absolute Gasteiger partial charge is 0.123 e. The molecule has 0 aromatic rings. The van der Waals surface area contributed by atoms with Crippen LogP contribution in [0, 0.1) is 0 Å². The van der Waals surface area contributed by atoms with E-state index in [4.69, 9.17) is 11.6 Å². The zero-order valence-electron chi connectivity index (χ0n) is 6.57. The van der Waals surface area contributed by atoms with Crippen LogP contribution >= 0.6 is 11.6 Å². The molecule has 0 aliphatic heterocycles. The van der Waals surface area contributed by atoms with Crippen molar-refractivity contribution in [2.24, 2.45) is 0 Å². The Kier molecular flexibility index (Phi) is 3.27. The minimum atomic E-state index is 0.417. The molecule has 1 rings (SSSR count). The van der Waals surface area contributed by atoms with E-state index >= 15 is 0 Å². The third-order valence-corrected chi connectivity index (χ3v) is 2.41. The number of allylic oxidation sites excluding steroid dienone is 2. The summed E-state index contributed by atoms with van der Waals surface area (Å²) >= 11 is 5.94. The van der Waals surface area contributed by atoms with Crippen LogP contribution in [0.3, 0.4) is 0 Å². The lowest BCUT2D eigenvalue weighted by molar-refractivity contribution is 0.677. The molecule has 0 aromatic heterocycles. The highest BCUT2D eigenvalue weighted by atomic mass is 35.5. The van der Waals surface area contributed by atoms with Crippen molar-refractivity contribution in [2.45, 2.75) is 44.4 Å². The molecule has 1 atom stereocenters. The lowest BCUT2D eigenvalue weighted by Crippen LogP contribution is -2.03. The Hall–Kier alpha value is 0.0300. The lowest BCUT2D eigenvalue weighted by Gasteiger charge is -2.15. The average Bonchev–Trinajstić information content (AvgIpc) is 1.95. The van der Waals surface area contributed by atoms with E-state index in [1.54, 1.807) is 5.57 Å². The molecule has 0 nitrogen and oxygen atoms in total. The molecule has 1 heteroatoms. The van der Waals surface area contributed by atoms with Crippen molar-refractivity contribution >= 4 is 11.6 Å². The molecular weight excluding hydrogens is 144 g/mol. The van der Waals surface area contributed by atoms with E-state index in [0.29, 0.717) is 5.38 Å². The van der Waals surface area contributed by atoms with Crippen LogP contribution < -0.4 is 0 Å². The molecule has 0 saturated heterocycles. The van der Waals surface area contributed by atoms with Crippen LogP contribution in [-0.4, -0.2) is 5.38 Å². The zero-order chi connectivity index (χ0) is 7.40. The molecule has 1 aliphatic rings. The van der Waals surface area contributed by atoms with Crippen molar-refractivity contribution in [2.75, 3.05) is 0 Å². The number of hydrogen-bond donors (Lipinski definition) is 0. The minimum absolute atomic E-state index is 0.417. The van der Waals surface area contributed by atoms with E-state index in [9.17, 15) is 0 Å². The van der Waals surface area contributed by atoms with Crippen molar-refractivity contribution in [3.05, 3.63) is 11.6 Å². The second-order valence-electron chi connectivity index (χ2n) is 2.98. The van der Waals surface area contributed by atoms with E-state index in [1.807, 2.05) is 0 Å². The Labute approximate surface area is 68.3 Å². The number of alkyl halides is 1. The maximum Gasteiger partial charge on any atom is 0.0373 e. The van der Waals surface area contributed by atoms with Crippen LogP contribution in [0.2, 0.25) is 0 Å². The molecule has 1 unspecified atom stereocenters. The molecule has 0 N–H and O–H groups in total. The molecule has 0 bridgehead atoms. The SMILES string of the molecule is CCCC1=CCC(Cl)CC1. The van der Waals surface area contributed by atoms with Gasteiger partial charge in [-0.25, -0.2) is 0 Å². The quantitative estimate of drug-likeness (QED) is 0.426. The summed E-state index contributed by atoms with van der Waals surface area (Å²) in [6.45, 7) is 2.23. The van der Waals surface area contributed by atoms with Gasteiger partial charge in [0.05, 0.1) is 0 Å². The van der Waals surface area contributed by atoms with Gasteiger partial charge in [0.2, 0.25) is 0 Å². The summed E-state index contributed by atoms with van der Waals surface area (Å²) < 4.78 is 0. The van der Waals surface area contributed by atoms with Gasteiger partial charge in [-0.2, -0.15) is 0 Å². The number of rotatable bonds is 2. The predicted molar refractivity (Wildman–Crippen MR) is 46.5 cm³/mol. The number of halogens is 1. The molecule has 0 amide bonds. The molecule has 0 saturated carbocycles. The fraction of sp³-hybridized carbons (Fsp3) is 0.778. The first kappa shape index (κ1) is 8.13.